The molecule has 2 heterocycles. The molecule has 0 radical (unpaired) electrons. The number of carbonyl (C=O) groups is 2. The number of thiazole rings is 1. The monoisotopic (exact) mass is 435 g/mol. The zero-order valence-electron chi connectivity index (χ0n) is 17.9. The Morgan fingerprint density at radius 1 is 1.13 bits per heavy atom. The lowest BCUT2D eigenvalue weighted by Gasteiger charge is -2.30. The molecule has 4 rings (SSSR count). The molecule has 1 aliphatic rings. The molecule has 2 aromatic carbocycles. The number of amides is 1. The Hall–Kier alpha value is -3.19. The predicted octanol–water partition coefficient (Wildman–Crippen LogP) is 4.47. The lowest BCUT2D eigenvalue weighted by atomic mass is 9.99. The molecule has 1 aromatic heterocycles. The van der Waals surface area contributed by atoms with E-state index in [0.29, 0.717) is 27.9 Å². The number of nitrogens with zero attached hydrogens (tertiary/aromatic N) is 3. The maximum atomic E-state index is 13.0. The van der Waals surface area contributed by atoms with Crippen molar-refractivity contribution in [2.45, 2.75) is 26.8 Å². The summed E-state index contributed by atoms with van der Waals surface area (Å²) < 4.78 is 5.06. The first kappa shape index (κ1) is 21.1. The van der Waals surface area contributed by atoms with Gasteiger partial charge >= 0.3 is 5.97 Å². The van der Waals surface area contributed by atoms with Crippen LogP contribution in [0.4, 0.5) is 10.8 Å². The topological polar surface area (TPSA) is 62.7 Å². The van der Waals surface area contributed by atoms with Gasteiger partial charge in [0.25, 0.3) is 5.91 Å². The molecule has 0 bridgehead atoms. The number of ether oxygens (including phenoxy) is 1. The fourth-order valence-corrected chi connectivity index (χ4v) is 4.64. The second-order valence-corrected chi connectivity index (χ2v) is 8.46. The van der Waals surface area contributed by atoms with Gasteiger partial charge in [0, 0.05) is 31.4 Å². The number of rotatable bonds is 5. The van der Waals surface area contributed by atoms with Gasteiger partial charge in [-0.2, -0.15) is 0 Å². The van der Waals surface area contributed by atoms with Gasteiger partial charge in [0.1, 0.15) is 4.88 Å². The quantitative estimate of drug-likeness (QED) is 0.554. The van der Waals surface area contributed by atoms with E-state index in [1.165, 1.54) is 27.4 Å². The van der Waals surface area contributed by atoms with Gasteiger partial charge in [-0.3, -0.25) is 9.69 Å². The molecule has 1 aliphatic heterocycles. The van der Waals surface area contributed by atoms with Crippen molar-refractivity contribution < 1.29 is 14.3 Å². The third kappa shape index (κ3) is 4.32. The molecule has 31 heavy (non-hydrogen) atoms. The lowest BCUT2D eigenvalue weighted by Crippen LogP contribution is -2.30. The number of aryl methyl sites for hydroxylation is 1. The number of fused-ring (bicyclic) bond motifs is 1. The highest BCUT2D eigenvalue weighted by atomic mass is 32.1. The Bertz CT molecular complexity index is 1110. The first-order valence-corrected chi connectivity index (χ1v) is 11.1. The maximum absolute atomic E-state index is 13.0. The fourth-order valence-electron chi connectivity index (χ4n) is 3.72. The highest BCUT2D eigenvalue weighted by Gasteiger charge is 2.22. The number of aromatic nitrogens is 1. The molecule has 3 aromatic rings. The van der Waals surface area contributed by atoms with Crippen molar-refractivity contribution in [2.24, 2.45) is 0 Å². The lowest BCUT2D eigenvalue weighted by molar-refractivity contribution is 0.0531. The van der Waals surface area contributed by atoms with Crippen molar-refractivity contribution in [1.29, 1.82) is 0 Å². The van der Waals surface area contributed by atoms with Crippen LogP contribution in [0.15, 0.2) is 48.5 Å². The molecule has 0 saturated heterocycles. The van der Waals surface area contributed by atoms with Gasteiger partial charge in [-0.05, 0) is 55.7 Å². The molecule has 0 spiro atoms. The Morgan fingerprint density at radius 2 is 1.84 bits per heavy atom. The molecule has 6 nitrogen and oxygen atoms in total. The maximum Gasteiger partial charge on any atom is 0.350 e. The van der Waals surface area contributed by atoms with Gasteiger partial charge in [0.2, 0.25) is 0 Å². The summed E-state index contributed by atoms with van der Waals surface area (Å²) in [6.45, 7) is 5.64. The average molecular weight is 436 g/mol. The fraction of sp³-hybridized carbons (Fsp3) is 0.292. The Morgan fingerprint density at radius 3 is 2.55 bits per heavy atom. The van der Waals surface area contributed by atoms with Crippen LogP contribution in [-0.2, 0) is 17.7 Å². The minimum absolute atomic E-state index is 0.167. The van der Waals surface area contributed by atoms with E-state index in [4.69, 9.17) is 4.74 Å². The van der Waals surface area contributed by atoms with Crippen LogP contribution >= 0.6 is 11.3 Å². The summed E-state index contributed by atoms with van der Waals surface area (Å²) in [5.41, 5.74) is 5.01. The van der Waals surface area contributed by atoms with Crippen LogP contribution in [0.3, 0.4) is 0 Å². The van der Waals surface area contributed by atoms with Crippen molar-refractivity contribution >= 4 is 34.0 Å². The van der Waals surface area contributed by atoms with E-state index in [1.54, 1.807) is 20.9 Å². The summed E-state index contributed by atoms with van der Waals surface area (Å²) >= 11 is 1.17. The summed E-state index contributed by atoms with van der Waals surface area (Å²) in [5, 5.41) is 0.474. The Kier molecular flexibility index (Phi) is 6.04. The molecule has 7 heteroatoms. The molecule has 0 aliphatic carbocycles. The molecule has 0 unspecified atom stereocenters. The van der Waals surface area contributed by atoms with E-state index in [0.717, 1.165) is 25.2 Å². The first-order chi connectivity index (χ1) is 15.0. The van der Waals surface area contributed by atoms with Crippen molar-refractivity contribution in [3.05, 3.63) is 75.8 Å². The highest BCUT2D eigenvalue weighted by molar-refractivity contribution is 7.17. The summed E-state index contributed by atoms with van der Waals surface area (Å²) in [6.07, 6.45) is 1.02. The van der Waals surface area contributed by atoms with Crippen LogP contribution < -0.4 is 9.80 Å². The van der Waals surface area contributed by atoms with Gasteiger partial charge < -0.3 is 9.64 Å². The van der Waals surface area contributed by atoms with Crippen LogP contribution in [0, 0.1) is 6.92 Å². The van der Waals surface area contributed by atoms with Gasteiger partial charge in [-0.1, -0.05) is 35.6 Å². The second kappa shape index (κ2) is 8.89. The van der Waals surface area contributed by atoms with Crippen LogP contribution in [0.25, 0.3) is 0 Å². The number of esters is 1. The van der Waals surface area contributed by atoms with E-state index in [-0.39, 0.29) is 5.91 Å². The van der Waals surface area contributed by atoms with Gasteiger partial charge in [0.05, 0.1) is 12.3 Å². The number of hydrogen-bond donors (Lipinski definition) is 0. The van der Waals surface area contributed by atoms with Crippen molar-refractivity contribution in [2.75, 3.05) is 30.0 Å². The second-order valence-electron chi connectivity index (χ2n) is 7.48. The van der Waals surface area contributed by atoms with Crippen molar-refractivity contribution in [3.8, 4) is 0 Å². The number of anilines is 2. The summed E-state index contributed by atoms with van der Waals surface area (Å²) in [6, 6.07) is 16.2. The standard InChI is InChI=1S/C24H25N3O3S/c1-4-30-23(29)21-16(2)25-24(31-21)26(3)22(28)18-9-11-20(12-10-18)27-14-13-17-7-5-6-8-19(17)15-27/h5-12H,4,13-15H2,1-3H3. The van der Waals surface area contributed by atoms with Gasteiger partial charge in [0.15, 0.2) is 5.13 Å². The molecule has 0 N–H and O–H groups in total. The summed E-state index contributed by atoms with van der Waals surface area (Å²) in [7, 11) is 1.67. The molecular weight excluding hydrogens is 410 g/mol. The smallest absolute Gasteiger partial charge is 0.350 e. The minimum atomic E-state index is -0.406. The molecule has 1 amide bonds. The van der Waals surface area contributed by atoms with E-state index in [2.05, 4.69) is 34.1 Å². The van der Waals surface area contributed by atoms with Gasteiger partial charge in [-0.25, -0.2) is 9.78 Å². The normalized spacial score (nSPS) is 12.9. The SMILES string of the molecule is CCOC(=O)c1sc(N(C)C(=O)c2ccc(N3CCc4ccccc4C3)cc2)nc1C. The van der Waals surface area contributed by atoms with E-state index in [1.807, 2.05) is 24.3 Å². The number of benzene rings is 2. The third-order valence-electron chi connectivity index (χ3n) is 5.45. The molecule has 160 valence electrons. The highest BCUT2D eigenvalue weighted by Crippen LogP contribution is 2.28. The molecular formula is C24H25N3O3S. The summed E-state index contributed by atoms with van der Waals surface area (Å²) in [5.74, 6) is -0.572. The molecule has 0 saturated carbocycles. The minimum Gasteiger partial charge on any atom is -0.462 e. The average Bonchev–Trinajstić information content (AvgIpc) is 3.19. The van der Waals surface area contributed by atoms with Gasteiger partial charge in [-0.15, -0.1) is 0 Å². The first-order valence-electron chi connectivity index (χ1n) is 10.3. The van der Waals surface area contributed by atoms with Crippen molar-refractivity contribution in [3.63, 3.8) is 0 Å². The largest absolute Gasteiger partial charge is 0.462 e. The Labute approximate surface area is 186 Å². The zero-order chi connectivity index (χ0) is 22.0. The molecule has 0 fully saturated rings. The summed E-state index contributed by atoms with van der Waals surface area (Å²) in [4.78, 5) is 33.6. The van der Waals surface area contributed by atoms with Crippen LogP contribution in [0.5, 0.6) is 0 Å². The Balaban J connectivity index is 1.47. The van der Waals surface area contributed by atoms with Crippen LogP contribution in [0.2, 0.25) is 0 Å². The predicted molar refractivity (Wildman–Crippen MR) is 123 cm³/mol. The van der Waals surface area contributed by atoms with E-state index >= 15 is 0 Å². The number of hydrogen-bond acceptors (Lipinski definition) is 6. The third-order valence-corrected chi connectivity index (χ3v) is 6.66. The van der Waals surface area contributed by atoms with E-state index < -0.39 is 5.97 Å². The number of carbonyl (C=O) groups excluding carboxylic acids is 2. The van der Waals surface area contributed by atoms with Crippen molar-refractivity contribution in [1.82, 2.24) is 4.98 Å². The zero-order valence-corrected chi connectivity index (χ0v) is 18.7. The van der Waals surface area contributed by atoms with E-state index in [9.17, 15) is 9.59 Å². The van der Waals surface area contributed by atoms with Crippen LogP contribution in [-0.4, -0.2) is 37.1 Å². The van der Waals surface area contributed by atoms with Crippen LogP contribution in [0.1, 0.15) is 43.8 Å². The molecule has 0 atom stereocenters.